The van der Waals surface area contributed by atoms with E-state index in [2.05, 4.69) is 15.2 Å². The summed E-state index contributed by atoms with van der Waals surface area (Å²) >= 11 is 0. The number of nitrogens with zero attached hydrogens (tertiary/aromatic N) is 2. The van der Waals surface area contributed by atoms with Gasteiger partial charge in [-0.1, -0.05) is 12.1 Å². The SMILES string of the molecule is FC(F)(F)c1ccc(Oc2ccccc2N2CCNCC2)nc1. The zero-order valence-electron chi connectivity index (χ0n) is 12.3. The van der Waals surface area contributed by atoms with Crippen molar-refractivity contribution in [2.75, 3.05) is 31.1 Å². The van der Waals surface area contributed by atoms with E-state index in [1.54, 1.807) is 6.07 Å². The molecule has 1 aromatic carbocycles. The first-order chi connectivity index (χ1) is 11.0. The molecule has 0 spiro atoms. The van der Waals surface area contributed by atoms with Crippen molar-refractivity contribution in [1.29, 1.82) is 0 Å². The standard InChI is InChI=1S/C16H16F3N3O/c17-16(18,19)12-5-6-15(21-11-12)23-14-4-2-1-3-13(14)22-9-7-20-8-10-22/h1-6,11,20H,7-10H2. The smallest absolute Gasteiger partial charge is 0.417 e. The summed E-state index contributed by atoms with van der Waals surface area (Å²) in [5.41, 5.74) is 0.121. The number of benzene rings is 1. The second-order valence-electron chi connectivity index (χ2n) is 5.19. The van der Waals surface area contributed by atoms with Crippen LogP contribution in [0.15, 0.2) is 42.6 Å². The van der Waals surface area contributed by atoms with Gasteiger partial charge in [0.15, 0.2) is 5.75 Å². The summed E-state index contributed by atoms with van der Waals surface area (Å²) in [7, 11) is 0. The molecule has 0 bridgehead atoms. The van der Waals surface area contributed by atoms with E-state index in [1.165, 1.54) is 6.07 Å². The molecule has 0 radical (unpaired) electrons. The minimum Gasteiger partial charge on any atom is -0.437 e. The fourth-order valence-electron chi connectivity index (χ4n) is 2.43. The van der Waals surface area contributed by atoms with Crippen LogP contribution in [0.1, 0.15) is 5.56 Å². The Morgan fingerprint density at radius 3 is 2.43 bits per heavy atom. The molecule has 2 aromatic rings. The van der Waals surface area contributed by atoms with Gasteiger partial charge in [0.1, 0.15) is 0 Å². The molecule has 0 amide bonds. The molecule has 4 nitrogen and oxygen atoms in total. The van der Waals surface area contributed by atoms with Crippen LogP contribution < -0.4 is 15.0 Å². The van der Waals surface area contributed by atoms with E-state index in [1.807, 2.05) is 18.2 Å². The lowest BCUT2D eigenvalue weighted by atomic mass is 10.2. The molecule has 2 heterocycles. The van der Waals surface area contributed by atoms with E-state index < -0.39 is 11.7 Å². The largest absolute Gasteiger partial charge is 0.437 e. The van der Waals surface area contributed by atoms with E-state index in [4.69, 9.17) is 4.74 Å². The molecule has 0 saturated carbocycles. The van der Waals surface area contributed by atoms with Crippen LogP contribution in [-0.2, 0) is 6.18 Å². The highest BCUT2D eigenvalue weighted by atomic mass is 19.4. The minimum atomic E-state index is -4.40. The Bertz CT molecular complexity index is 652. The third-order valence-electron chi connectivity index (χ3n) is 3.60. The number of piperazine rings is 1. The quantitative estimate of drug-likeness (QED) is 0.940. The number of hydrogen-bond acceptors (Lipinski definition) is 4. The van der Waals surface area contributed by atoms with Gasteiger partial charge in [-0.15, -0.1) is 0 Å². The molecule has 1 aliphatic rings. The normalized spacial score (nSPS) is 15.5. The summed E-state index contributed by atoms with van der Waals surface area (Å²) in [6, 6.07) is 9.66. The number of hydrogen-bond donors (Lipinski definition) is 1. The van der Waals surface area contributed by atoms with Gasteiger partial charge < -0.3 is 15.0 Å². The summed E-state index contributed by atoms with van der Waals surface area (Å²) in [6.07, 6.45) is -3.62. The van der Waals surface area contributed by atoms with Crippen molar-refractivity contribution in [2.45, 2.75) is 6.18 Å². The lowest BCUT2D eigenvalue weighted by Gasteiger charge is -2.30. The average molecular weight is 323 g/mol. The van der Waals surface area contributed by atoms with Crippen molar-refractivity contribution in [2.24, 2.45) is 0 Å². The van der Waals surface area contributed by atoms with Gasteiger partial charge >= 0.3 is 6.18 Å². The van der Waals surface area contributed by atoms with Crippen LogP contribution in [0.4, 0.5) is 18.9 Å². The van der Waals surface area contributed by atoms with Gasteiger partial charge in [-0.05, 0) is 18.2 Å². The van der Waals surface area contributed by atoms with Crippen LogP contribution >= 0.6 is 0 Å². The number of rotatable bonds is 3. The highest BCUT2D eigenvalue weighted by Gasteiger charge is 2.30. The number of ether oxygens (including phenoxy) is 1. The Morgan fingerprint density at radius 2 is 1.78 bits per heavy atom. The molecule has 1 aliphatic heterocycles. The average Bonchev–Trinajstić information content (AvgIpc) is 2.56. The maximum atomic E-state index is 12.6. The number of halogens is 3. The monoisotopic (exact) mass is 323 g/mol. The van der Waals surface area contributed by atoms with E-state index in [0.717, 1.165) is 44.1 Å². The van der Waals surface area contributed by atoms with E-state index >= 15 is 0 Å². The highest BCUT2D eigenvalue weighted by Crippen LogP contribution is 2.33. The summed E-state index contributed by atoms with van der Waals surface area (Å²) in [4.78, 5) is 5.93. The number of nitrogens with one attached hydrogen (secondary N) is 1. The lowest BCUT2D eigenvalue weighted by Crippen LogP contribution is -2.43. The number of pyridine rings is 1. The maximum Gasteiger partial charge on any atom is 0.417 e. The summed E-state index contributed by atoms with van der Waals surface area (Å²) in [5.74, 6) is 0.724. The molecule has 23 heavy (non-hydrogen) atoms. The second-order valence-corrected chi connectivity index (χ2v) is 5.19. The Balaban J connectivity index is 1.80. The summed E-state index contributed by atoms with van der Waals surface area (Å²) in [5, 5.41) is 3.27. The molecule has 1 saturated heterocycles. The molecule has 122 valence electrons. The van der Waals surface area contributed by atoms with E-state index in [9.17, 15) is 13.2 Å². The van der Waals surface area contributed by atoms with Gasteiger partial charge in [-0.2, -0.15) is 13.2 Å². The first kappa shape index (κ1) is 15.6. The fraction of sp³-hybridized carbons (Fsp3) is 0.312. The van der Waals surface area contributed by atoms with Crippen LogP contribution in [0.25, 0.3) is 0 Å². The molecule has 7 heteroatoms. The van der Waals surface area contributed by atoms with Crippen molar-refractivity contribution < 1.29 is 17.9 Å². The van der Waals surface area contributed by atoms with Crippen LogP contribution in [0.3, 0.4) is 0 Å². The fourth-order valence-corrected chi connectivity index (χ4v) is 2.43. The molecule has 1 N–H and O–H groups in total. The van der Waals surface area contributed by atoms with Crippen LogP contribution in [0.2, 0.25) is 0 Å². The summed E-state index contributed by atoms with van der Waals surface area (Å²) < 4.78 is 43.4. The Morgan fingerprint density at radius 1 is 1.04 bits per heavy atom. The molecule has 0 aliphatic carbocycles. The third kappa shape index (κ3) is 3.73. The number of para-hydroxylation sites is 2. The highest BCUT2D eigenvalue weighted by molar-refractivity contribution is 5.59. The zero-order chi connectivity index (χ0) is 16.3. The molecule has 1 aromatic heterocycles. The predicted octanol–water partition coefficient (Wildman–Crippen LogP) is 3.30. The molecule has 1 fully saturated rings. The van der Waals surface area contributed by atoms with Crippen molar-refractivity contribution in [3.63, 3.8) is 0 Å². The van der Waals surface area contributed by atoms with Crippen LogP contribution in [0.5, 0.6) is 11.6 Å². The van der Waals surface area contributed by atoms with Crippen molar-refractivity contribution in [1.82, 2.24) is 10.3 Å². The van der Waals surface area contributed by atoms with Crippen LogP contribution in [-0.4, -0.2) is 31.2 Å². The first-order valence-corrected chi connectivity index (χ1v) is 7.30. The van der Waals surface area contributed by atoms with E-state index in [0.29, 0.717) is 5.75 Å². The topological polar surface area (TPSA) is 37.4 Å². The first-order valence-electron chi connectivity index (χ1n) is 7.30. The predicted molar refractivity (Wildman–Crippen MR) is 80.8 cm³/mol. The molecular formula is C16H16F3N3O. The van der Waals surface area contributed by atoms with Gasteiger partial charge in [-0.3, -0.25) is 0 Å². The Hall–Kier alpha value is -2.28. The minimum absolute atomic E-state index is 0.139. The lowest BCUT2D eigenvalue weighted by molar-refractivity contribution is -0.137. The third-order valence-corrected chi connectivity index (χ3v) is 3.60. The Labute approximate surface area is 131 Å². The van der Waals surface area contributed by atoms with Crippen molar-refractivity contribution in [3.05, 3.63) is 48.2 Å². The number of anilines is 1. The summed E-state index contributed by atoms with van der Waals surface area (Å²) in [6.45, 7) is 3.46. The second kappa shape index (κ2) is 6.45. The molecular weight excluding hydrogens is 307 g/mol. The number of aromatic nitrogens is 1. The van der Waals surface area contributed by atoms with Gasteiger partial charge in [0, 0.05) is 38.4 Å². The Kier molecular flexibility index (Phi) is 4.38. The molecule has 3 rings (SSSR count). The number of alkyl halides is 3. The van der Waals surface area contributed by atoms with Gasteiger partial charge in [0.2, 0.25) is 5.88 Å². The van der Waals surface area contributed by atoms with Crippen molar-refractivity contribution >= 4 is 5.69 Å². The van der Waals surface area contributed by atoms with Gasteiger partial charge in [0.25, 0.3) is 0 Å². The molecule has 0 unspecified atom stereocenters. The van der Waals surface area contributed by atoms with E-state index in [-0.39, 0.29) is 5.88 Å². The maximum absolute atomic E-state index is 12.6. The van der Waals surface area contributed by atoms with Crippen LogP contribution in [0, 0.1) is 0 Å². The zero-order valence-corrected chi connectivity index (χ0v) is 12.3. The van der Waals surface area contributed by atoms with Gasteiger partial charge in [0.05, 0.1) is 11.3 Å². The van der Waals surface area contributed by atoms with Crippen molar-refractivity contribution in [3.8, 4) is 11.6 Å². The molecule has 0 atom stereocenters. The van der Waals surface area contributed by atoms with Gasteiger partial charge in [-0.25, -0.2) is 4.98 Å².